The predicted octanol–water partition coefficient (Wildman–Crippen LogP) is -0.590. The monoisotopic (exact) mass is 240 g/mol. The Kier molecular flexibility index (Phi) is 4.22. The van der Waals surface area contributed by atoms with Crippen LogP contribution in [-0.2, 0) is 7.05 Å². The van der Waals surface area contributed by atoms with Crippen molar-refractivity contribution in [1.82, 2.24) is 20.0 Å². The van der Waals surface area contributed by atoms with E-state index in [1.54, 1.807) is 7.05 Å². The first-order valence-corrected chi connectivity index (χ1v) is 5.11. The minimum absolute atomic E-state index is 0.0567. The first-order valence-electron chi connectivity index (χ1n) is 5.11. The van der Waals surface area contributed by atoms with Gasteiger partial charge in [-0.05, 0) is 14.1 Å². The maximum Gasteiger partial charge on any atom is 0.339 e. The summed E-state index contributed by atoms with van der Waals surface area (Å²) in [5.41, 5.74) is -0.145. The molecule has 2 N–H and O–H groups in total. The number of carbonyl (C=O) groups excluding carboxylic acids is 1. The number of carboxylic acid groups (broad SMARTS) is 1. The SMILES string of the molecule is CN(C)CCNC(=O)c1nn(C)cc1C(=O)O. The Balaban J connectivity index is 2.71. The molecule has 0 radical (unpaired) electrons. The van der Waals surface area contributed by atoms with Crippen molar-refractivity contribution in [3.8, 4) is 0 Å². The summed E-state index contributed by atoms with van der Waals surface area (Å²) in [7, 11) is 5.34. The van der Waals surface area contributed by atoms with Crippen molar-refractivity contribution < 1.29 is 14.7 Å². The molecular formula is C10H16N4O3. The molecule has 1 aromatic rings. The first-order chi connectivity index (χ1) is 7.91. The highest BCUT2D eigenvalue weighted by atomic mass is 16.4. The number of nitrogens with zero attached hydrogens (tertiary/aromatic N) is 3. The van der Waals surface area contributed by atoms with Crippen LogP contribution in [0.5, 0.6) is 0 Å². The van der Waals surface area contributed by atoms with E-state index in [9.17, 15) is 9.59 Å². The van der Waals surface area contributed by atoms with E-state index in [4.69, 9.17) is 5.11 Å². The Morgan fingerprint density at radius 3 is 2.71 bits per heavy atom. The van der Waals surface area contributed by atoms with E-state index >= 15 is 0 Å². The van der Waals surface area contributed by atoms with E-state index in [0.717, 1.165) is 0 Å². The van der Waals surface area contributed by atoms with E-state index in [1.165, 1.54) is 10.9 Å². The maximum absolute atomic E-state index is 11.7. The standard InChI is InChI=1S/C10H16N4O3/c1-13(2)5-4-11-9(15)8-7(10(16)17)6-14(3)12-8/h6H,4-5H2,1-3H3,(H,11,15)(H,16,17). The molecule has 1 aromatic heterocycles. The third kappa shape index (κ3) is 3.56. The zero-order chi connectivity index (χ0) is 13.0. The predicted molar refractivity (Wildman–Crippen MR) is 61.1 cm³/mol. The number of aromatic carboxylic acids is 1. The van der Waals surface area contributed by atoms with Gasteiger partial charge in [0.05, 0.1) is 0 Å². The number of hydrogen-bond donors (Lipinski definition) is 2. The molecule has 17 heavy (non-hydrogen) atoms. The minimum Gasteiger partial charge on any atom is -0.478 e. The van der Waals surface area contributed by atoms with Crippen LogP contribution in [0.1, 0.15) is 20.8 Å². The summed E-state index contributed by atoms with van der Waals surface area (Å²) in [6.45, 7) is 1.13. The van der Waals surface area contributed by atoms with Crippen LogP contribution < -0.4 is 5.32 Å². The molecule has 0 aromatic carbocycles. The van der Waals surface area contributed by atoms with E-state index < -0.39 is 11.9 Å². The third-order valence-electron chi connectivity index (χ3n) is 2.12. The van der Waals surface area contributed by atoms with Crippen LogP contribution in [0.4, 0.5) is 0 Å². The van der Waals surface area contributed by atoms with Crippen molar-refractivity contribution in [3.63, 3.8) is 0 Å². The summed E-state index contributed by atoms with van der Waals surface area (Å²) in [6, 6.07) is 0. The number of rotatable bonds is 5. The van der Waals surface area contributed by atoms with Crippen molar-refractivity contribution in [2.24, 2.45) is 7.05 Å². The highest BCUT2D eigenvalue weighted by Crippen LogP contribution is 2.05. The molecule has 1 amide bonds. The largest absolute Gasteiger partial charge is 0.478 e. The second-order valence-corrected chi connectivity index (χ2v) is 3.93. The average molecular weight is 240 g/mol. The molecule has 1 rings (SSSR count). The normalized spacial score (nSPS) is 10.6. The van der Waals surface area contributed by atoms with E-state index in [-0.39, 0.29) is 11.3 Å². The maximum atomic E-state index is 11.7. The van der Waals surface area contributed by atoms with Gasteiger partial charge in [-0.25, -0.2) is 4.79 Å². The van der Waals surface area contributed by atoms with Gasteiger partial charge in [0.15, 0.2) is 5.69 Å². The molecule has 0 saturated carbocycles. The lowest BCUT2D eigenvalue weighted by atomic mass is 10.2. The summed E-state index contributed by atoms with van der Waals surface area (Å²) >= 11 is 0. The smallest absolute Gasteiger partial charge is 0.339 e. The fourth-order valence-electron chi connectivity index (χ4n) is 1.29. The summed E-state index contributed by atoms with van der Waals surface area (Å²) in [5, 5.41) is 15.4. The summed E-state index contributed by atoms with van der Waals surface area (Å²) in [4.78, 5) is 24.5. The minimum atomic E-state index is -1.16. The fraction of sp³-hybridized carbons (Fsp3) is 0.500. The lowest BCUT2D eigenvalue weighted by molar-refractivity contribution is 0.0691. The summed E-state index contributed by atoms with van der Waals surface area (Å²) in [6.07, 6.45) is 1.31. The Bertz CT molecular complexity index is 425. The molecule has 0 unspecified atom stereocenters. The van der Waals surface area contributed by atoms with Crippen molar-refractivity contribution in [1.29, 1.82) is 0 Å². The number of amides is 1. The number of nitrogens with one attached hydrogen (secondary N) is 1. The van der Waals surface area contributed by atoms with Gasteiger partial charge in [0.2, 0.25) is 0 Å². The Morgan fingerprint density at radius 2 is 2.18 bits per heavy atom. The molecule has 1 heterocycles. The molecule has 0 saturated heterocycles. The van der Waals surface area contributed by atoms with Gasteiger partial charge in [-0.3, -0.25) is 9.48 Å². The van der Waals surface area contributed by atoms with Gasteiger partial charge in [0.25, 0.3) is 5.91 Å². The van der Waals surface area contributed by atoms with Gasteiger partial charge < -0.3 is 15.3 Å². The van der Waals surface area contributed by atoms with Crippen molar-refractivity contribution in [3.05, 3.63) is 17.5 Å². The lowest BCUT2D eigenvalue weighted by Gasteiger charge is -2.09. The highest BCUT2D eigenvalue weighted by molar-refractivity contribution is 6.03. The van der Waals surface area contributed by atoms with Crippen LogP contribution >= 0.6 is 0 Å². The Morgan fingerprint density at radius 1 is 1.53 bits per heavy atom. The van der Waals surface area contributed by atoms with Crippen LogP contribution in [0.25, 0.3) is 0 Å². The summed E-state index contributed by atoms with van der Waals surface area (Å²) in [5.74, 6) is -1.62. The molecule has 94 valence electrons. The molecule has 7 nitrogen and oxygen atoms in total. The Labute approximate surface area is 99.0 Å². The van der Waals surface area contributed by atoms with Gasteiger partial charge >= 0.3 is 5.97 Å². The van der Waals surface area contributed by atoms with Crippen LogP contribution in [0.3, 0.4) is 0 Å². The van der Waals surface area contributed by atoms with Gasteiger partial charge in [0.1, 0.15) is 5.56 Å². The topological polar surface area (TPSA) is 87.5 Å². The Hall–Kier alpha value is -1.89. The molecule has 0 aliphatic carbocycles. The number of carboxylic acids is 1. The molecule has 7 heteroatoms. The zero-order valence-corrected chi connectivity index (χ0v) is 10.1. The quantitative estimate of drug-likeness (QED) is 0.718. The van der Waals surface area contributed by atoms with Crippen LogP contribution in [0, 0.1) is 0 Å². The summed E-state index contributed by atoms with van der Waals surface area (Å²) < 4.78 is 1.31. The molecule has 0 atom stereocenters. The van der Waals surface area contributed by atoms with Crippen molar-refractivity contribution >= 4 is 11.9 Å². The second-order valence-electron chi connectivity index (χ2n) is 3.93. The molecule has 0 aliphatic rings. The zero-order valence-electron chi connectivity index (χ0n) is 10.1. The number of likely N-dealkylation sites (N-methyl/N-ethyl adjacent to an activating group) is 1. The fourth-order valence-corrected chi connectivity index (χ4v) is 1.29. The molecular weight excluding hydrogens is 224 g/mol. The van der Waals surface area contributed by atoms with Gasteiger partial charge in [-0.2, -0.15) is 5.10 Å². The van der Waals surface area contributed by atoms with Crippen molar-refractivity contribution in [2.75, 3.05) is 27.2 Å². The lowest BCUT2D eigenvalue weighted by Crippen LogP contribution is -2.32. The molecule has 0 bridgehead atoms. The van der Waals surface area contributed by atoms with Crippen LogP contribution in [-0.4, -0.2) is 58.8 Å². The number of carbonyl (C=O) groups is 2. The number of hydrogen-bond acceptors (Lipinski definition) is 4. The third-order valence-corrected chi connectivity index (χ3v) is 2.12. The number of aromatic nitrogens is 2. The first kappa shape index (κ1) is 13.2. The van der Waals surface area contributed by atoms with E-state index in [2.05, 4.69) is 10.4 Å². The average Bonchev–Trinajstić information content (AvgIpc) is 2.59. The molecule has 0 fully saturated rings. The van der Waals surface area contributed by atoms with Crippen LogP contribution in [0.15, 0.2) is 6.20 Å². The van der Waals surface area contributed by atoms with Gasteiger partial charge in [0, 0.05) is 26.3 Å². The van der Waals surface area contributed by atoms with E-state index in [0.29, 0.717) is 13.1 Å². The van der Waals surface area contributed by atoms with Gasteiger partial charge in [-0.15, -0.1) is 0 Å². The molecule has 0 aliphatic heterocycles. The number of aryl methyl sites for hydroxylation is 1. The second kappa shape index (κ2) is 5.44. The van der Waals surface area contributed by atoms with Crippen LogP contribution in [0.2, 0.25) is 0 Å². The highest BCUT2D eigenvalue weighted by Gasteiger charge is 2.20. The van der Waals surface area contributed by atoms with Gasteiger partial charge in [-0.1, -0.05) is 0 Å². The van der Waals surface area contributed by atoms with E-state index in [1.807, 2.05) is 19.0 Å². The molecule has 0 spiro atoms. The van der Waals surface area contributed by atoms with Crippen molar-refractivity contribution in [2.45, 2.75) is 0 Å².